The van der Waals surface area contributed by atoms with Crippen LogP contribution in [0, 0.1) is 5.82 Å². The minimum atomic E-state index is -0.449. The highest BCUT2D eigenvalue weighted by molar-refractivity contribution is 6.30. The van der Waals surface area contributed by atoms with E-state index in [1.807, 2.05) is 13.0 Å². The van der Waals surface area contributed by atoms with E-state index in [2.05, 4.69) is 5.32 Å². The number of primary amides is 1. The molecule has 3 nitrogen and oxygen atoms in total. The van der Waals surface area contributed by atoms with Crippen LogP contribution in [0.2, 0.25) is 5.02 Å². The molecular weight excluding hydrogens is 291 g/mol. The van der Waals surface area contributed by atoms with Crippen LogP contribution in [0.25, 0.3) is 0 Å². The Morgan fingerprint density at radius 2 is 2.10 bits per heavy atom. The van der Waals surface area contributed by atoms with E-state index in [-0.39, 0.29) is 11.1 Å². The average molecular weight is 307 g/mol. The highest BCUT2D eigenvalue weighted by Gasteiger charge is 2.08. The number of rotatable bonds is 5. The molecule has 0 aliphatic heterocycles. The molecule has 0 saturated heterocycles. The Morgan fingerprint density at radius 3 is 2.76 bits per heavy atom. The lowest BCUT2D eigenvalue weighted by Gasteiger charge is -2.15. The van der Waals surface area contributed by atoms with Crippen molar-refractivity contribution in [2.75, 3.05) is 0 Å². The summed E-state index contributed by atoms with van der Waals surface area (Å²) in [6.45, 7) is 2.53. The van der Waals surface area contributed by atoms with Gasteiger partial charge in [-0.05, 0) is 42.3 Å². The predicted molar refractivity (Wildman–Crippen MR) is 81.6 cm³/mol. The fourth-order valence-electron chi connectivity index (χ4n) is 2.01. The quantitative estimate of drug-likeness (QED) is 0.889. The minimum absolute atomic E-state index is 0.000309. The Hall–Kier alpha value is -1.91. The Morgan fingerprint density at radius 1 is 1.33 bits per heavy atom. The monoisotopic (exact) mass is 306 g/mol. The molecule has 0 radical (unpaired) electrons. The van der Waals surface area contributed by atoms with Crippen molar-refractivity contribution < 1.29 is 9.18 Å². The van der Waals surface area contributed by atoms with Crippen molar-refractivity contribution in [1.29, 1.82) is 0 Å². The van der Waals surface area contributed by atoms with Crippen LogP contribution in [-0.4, -0.2) is 5.91 Å². The molecular formula is C16H16ClFN2O. The molecule has 21 heavy (non-hydrogen) atoms. The molecule has 0 aliphatic rings. The van der Waals surface area contributed by atoms with Gasteiger partial charge in [-0.25, -0.2) is 4.39 Å². The van der Waals surface area contributed by atoms with Gasteiger partial charge in [0.15, 0.2) is 0 Å². The van der Waals surface area contributed by atoms with E-state index in [9.17, 15) is 9.18 Å². The van der Waals surface area contributed by atoms with Crippen molar-refractivity contribution in [3.05, 3.63) is 70.0 Å². The number of hydrogen-bond donors (Lipinski definition) is 2. The number of benzene rings is 2. The molecule has 0 spiro atoms. The third-order valence-electron chi connectivity index (χ3n) is 3.27. The van der Waals surface area contributed by atoms with Crippen LogP contribution in [0.4, 0.5) is 4.39 Å². The Labute approximate surface area is 127 Å². The zero-order valence-corrected chi connectivity index (χ0v) is 12.3. The summed E-state index contributed by atoms with van der Waals surface area (Å²) in [5.41, 5.74) is 7.58. The van der Waals surface area contributed by atoms with Crippen molar-refractivity contribution in [3.8, 4) is 0 Å². The highest BCUT2D eigenvalue weighted by atomic mass is 35.5. The molecule has 2 aromatic carbocycles. The zero-order valence-electron chi connectivity index (χ0n) is 11.6. The van der Waals surface area contributed by atoms with Crippen molar-refractivity contribution >= 4 is 17.5 Å². The first-order valence-electron chi connectivity index (χ1n) is 6.54. The van der Waals surface area contributed by atoms with Crippen LogP contribution in [-0.2, 0) is 6.54 Å². The number of nitrogens with one attached hydrogen (secondary N) is 1. The summed E-state index contributed by atoms with van der Waals surface area (Å²) in [6, 6.07) is 11.8. The fraction of sp³-hybridized carbons (Fsp3) is 0.188. The molecule has 0 bridgehead atoms. The van der Waals surface area contributed by atoms with Gasteiger partial charge < -0.3 is 11.1 Å². The summed E-state index contributed by atoms with van der Waals surface area (Å²) >= 11 is 5.78. The second-order valence-electron chi connectivity index (χ2n) is 4.84. The second kappa shape index (κ2) is 6.70. The molecule has 110 valence electrons. The largest absolute Gasteiger partial charge is 0.366 e. The number of halogens is 2. The lowest BCUT2D eigenvalue weighted by Crippen LogP contribution is -2.19. The smallest absolute Gasteiger partial charge is 0.248 e. The van der Waals surface area contributed by atoms with E-state index in [4.69, 9.17) is 17.3 Å². The van der Waals surface area contributed by atoms with Crippen molar-refractivity contribution in [3.63, 3.8) is 0 Å². The van der Waals surface area contributed by atoms with Gasteiger partial charge in [0.05, 0.1) is 5.02 Å². The van der Waals surface area contributed by atoms with Gasteiger partial charge in [-0.15, -0.1) is 0 Å². The normalized spacial score (nSPS) is 12.1. The number of carbonyl (C=O) groups excluding carboxylic acids is 1. The van der Waals surface area contributed by atoms with E-state index in [0.29, 0.717) is 12.1 Å². The van der Waals surface area contributed by atoms with Gasteiger partial charge in [0.1, 0.15) is 5.82 Å². The molecule has 0 fully saturated rings. The average Bonchev–Trinajstić information content (AvgIpc) is 2.48. The first-order chi connectivity index (χ1) is 9.97. The number of carbonyl (C=O) groups is 1. The first kappa shape index (κ1) is 15.5. The van der Waals surface area contributed by atoms with Crippen LogP contribution < -0.4 is 11.1 Å². The van der Waals surface area contributed by atoms with Gasteiger partial charge in [-0.2, -0.15) is 0 Å². The van der Waals surface area contributed by atoms with Crippen molar-refractivity contribution in [1.82, 2.24) is 5.32 Å². The van der Waals surface area contributed by atoms with Crippen LogP contribution >= 0.6 is 11.6 Å². The summed E-state index contributed by atoms with van der Waals surface area (Å²) in [5.74, 6) is -0.878. The maximum Gasteiger partial charge on any atom is 0.248 e. The molecule has 5 heteroatoms. The maximum absolute atomic E-state index is 13.1. The Kier molecular flexibility index (Phi) is 4.94. The summed E-state index contributed by atoms with van der Waals surface area (Å²) in [5, 5.41) is 3.40. The third-order valence-corrected chi connectivity index (χ3v) is 3.56. The molecule has 0 saturated carbocycles. The molecule has 3 N–H and O–H groups in total. The predicted octanol–water partition coefficient (Wildman–Crippen LogP) is 3.43. The molecule has 2 rings (SSSR count). The third kappa shape index (κ3) is 4.03. The lowest BCUT2D eigenvalue weighted by molar-refractivity contribution is 0.1000. The SMILES string of the molecule is CC(NCc1cccc(C(N)=O)c1)c1ccc(F)c(Cl)c1. The molecule has 0 aliphatic carbocycles. The molecule has 1 atom stereocenters. The van der Waals surface area contributed by atoms with Gasteiger partial charge in [0, 0.05) is 18.2 Å². The van der Waals surface area contributed by atoms with Crippen LogP contribution in [0.3, 0.4) is 0 Å². The van der Waals surface area contributed by atoms with Crippen LogP contribution in [0.1, 0.15) is 34.5 Å². The van der Waals surface area contributed by atoms with Gasteiger partial charge in [-0.1, -0.05) is 29.8 Å². The Bertz CT molecular complexity index is 660. The minimum Gasteiger partial charge on any atom is -0.366 e. The zero-order chi connectivity index (χ0) is 15.4. The number of hydrogen-bond acceptors (Lipinski definition) is 2. The molecule has 1 unspecified atom stereocenters. The van der Waals surface area contributed by atoms with Crippen molar-refractivity contribution in [2.24, 2.45) is 5.73 Å². The first-order valence-corrected chi connectivity index (χ1v) is 6.92. The van der Waals surface area contributed by atoms with Gasteiger partial charge in [0.2, 0.25) is 5.91 Å². The topological polar surface area (TPSA) is 55.1 Å². The van der Waals surface area contributed by atoms with Crippen LogP contribution in [0.5, 0.6) is 0 Å². The van der Waals surface area contributed by atoms with E-state index in [0.717, 1.165) is 11.1 Å². The van der Waals surface area contributed by atoms with E-state index in [1.54, 1.807) is 30.3 Å². The van der Waals surface area contributed by atoms with Crippen molar-refractivity contribution in [2.45, 2.75) is 19.5 Å². The van der Waals surface area contributed by atoms with Crippen LogP contribution in [0.15, 0.2) is 42.5 Å². The summed E-state index contributed by atoms with van der Waals surface area (Å²) in [4.78, 5) is 11.1. The molecule has 2 aromatic rings. The van der Waals surface area contributed by atoms with E-state index >= 15 is 0 Å². The van der Waals surface area contributed by atoms with Gasteiger partial charge in [0.25, 0.3) is 0 Å². The van der Waals surface area contributed by atoms with Gasteiger partial charge >= 0.3 is 0 Å². The fourth-order valence-corrected chi connectivity index (χ4v) is 2.19. The lowest BCUT2D eigenvalue weighted by atomic mass is 10.1. The second-order valence-corrected chi connectivity index (χ2v) is 5.25. The standard InChI is InChI=1S/C16H16ClFN2O/c1-10(12-5-6-15(18)14(17)8-12)20-9-11-3-2-4-13(7-11)16(19)21/h2-8,10,20H,9H2,1H3,(H2,19,21). The summed E-state index contributed by atoms with van der Waals surface area (Å²) in [7, 11) is 0. The molecule has 1 amide bonds. The molecule has 0 aromatic heterocycles. The Balaban J connectivity index is 2.03. The maximum atomic E-state index is 13.1. The van der Waals surface area contributed by atoms with Gasteiger partial charge in [-0.3, -0.25) is 4.79 Å². The summed E-state index contributed by atoms with van der Waals surface area (Å²) in [6.07, 6.45) is 0. The number of nitrogens with two attached hydrogens (primary N) is 1. The molecule has 0 heterocycles. The number of amides is 1. The highest BCUT2D eigenvalue weighted by Crippen LogP contribution is 2.21. The van der Waals surface area contributed by atoms with E-state index < -0.39 is 11.7 Å². The summed E-state index contributed by atoms with van der Waals surface area (Å²) < 4.78 is 13.1. The van der Waals surface area contributed by atoms with E-state index in [1.165, 1.54) is 6.07 Å².